The Hall–Kier alpha value is -3.52. The maximum atomic E-state index is 13.1. The number of benzene rings is 2. The molecule has 8 nitrogen and oxygen atoms in total. The van der Waals surface area contributed by atoms with Crippen molar-refractivity contribution in [2.75, 3.05) is 7.11 Å². The number of nitrogens with one attached hydrogen (secondary N) is 1. The van der Waals surface area contributed by atoms with Crippen LogP contribution >= 0.6 is 0 Å². The molecule has 0 spiro atoms. The Labute approximate surface area is 205 Å². The van der Waals surface area contributed by atoms with E-state index in [4.69, 9.17) is 4.74 Å². The average Bonchev–Trinajstić information content (AvgIpc) is 3.31. The number of fused-ring (bicyclic) bond motifs is 1. The lowest BCUT2D eigenvalue weighted by molar-refractivity contribution is 0.153. The van der Waals surface area contributed by atoms with Crippen LogP contribution < -0.4 is 10.3 Å². The van der Waals surface area contributed by atoms with Gasteiger partial charge >= 0.3 is 0 Å². The zero-order chi connectivity index (χ0) is 25.2. The van der Waals surface area contributed by atoms with Crippen LogP contribution in [0.15, 0.2) is 53.3 Å². The van der Waals surface area contributed by atoms with Gasteiger partial charge in [-0.3, -0.25) is 9.69 Å². The highest BCUT2D eigenvalue weighted by Crippen LogP contribution is 2.29. The highest BCUT2D eigenvalue weighted by molar-refractivity contribution is 5.79. The smallest absolute Gasteiger partial charge is 0.252 e. The Kier molecular flexibility index (Phi) is 7.03. The van der Waals surface area contributed by atoms with Gasteiger partial charge < -0.3 is 9.72 Å². The van der Waals surface area contributed by atoms with E-state index >= 15 is 0 Å². The van der Waals surface area contributed by atoms with E-state index < -0.39 is 0 Å². The van der Waals surface area contributed by atoms with Crippen molar-refractivity contribution >= 4 is 10.9 Å². The van der Waals surface area contributed by atoms with Gasteiger partial charge in [-0.05, 0) is 85.3 Å². The fourth-order valence-electron chi connectivity index (χ4n) is 4.42. The summed E-state index contributed by atoms with van der Waals surface area (Å²) < 4.78 is 7.21. The van der Waals surface area contributed by atoms with Crippen molar-refractivity contribution in [1.29, 1.82) is 0 Å². The normalized spacial score (nSPS) is 12.9. The van der Waals surface area contributed by atoms with Gasteiger partial charge in [0.15, 0.2) is 5.82 Å². The first-order valence-electron chi connectivity index (χ1n) is 12.0. The molecule has 0 radical (unpaired) electrons. The number of H-pyrrole nitrogens is 1. The number of aryl methyl sites for hydroxylation is 1. The number of rotatable bonds is 8. The highest BCUT2D eigenvalue weighted by Gasteiger charge is 2.29. The molecule has 4 aromatic rings. The summed E-state index contributed by atoms with van der Waals surface area (Å²) in [4.78, 5) is 18.4. The molecule has 0 amide bonds. The first kappa shape index (κ1) is 24.6. The number of hydrogen-bond donors (Lipinski definition) is 1. The fourth-order valence-corrected chi connectivity index (χ4v) is 4.42. The summed E-state index contributed by atoms with van der Waals surface area (Å²) in [5, 5.41) is 13.7. The number of hydrogen-bond acceptors (Lipinski definition) is 6. The van der Waals surface area contributed by atoms with E-state index in [0.29, 0.717) is 18.7 Å². The third-order valence-electron chi connectivity index (χ3n) is 6.25. The highest BCUT2D eigenvalue weighted by atomic mass is 16.5. The fraction of sp³-hybridized carbons (Fsp3) is 0.407. The van der Waals surface area contributed by atoms with E-state index in [2.05, 4.69) is 77.4 Å². The third-order valence-corrected chi connectivity index (χ3v) is 6.25. The van der Waals surface area contributed by atoms with Gasteiger partial charge in [-0.2, -0.15) is 0 Å². The molecule has 35 heavy (non-hydrogen) atoms. The van der Waals surface area contributed by atoms with Gasteiger partial charge in [0, 0.05) is 24.2 Å². The van der Waals surface area contributed by atoms with Crippen LogP contribution in [0.25, 0.3) is 10.9 Å². The molecule has 0 aliphatic rings. The van der Waals surface area contributed by atoms with Crippen molar-refractivity contribution in [3.8, 4) is 5.75 Å². The summed E-state index contributed by atoms with van der Waals surface area (Å²) in [7, 11) is 1.66. The SMILES string of the molecule is CCC(c1nnnn1C(C)(C)C)N(Cc1ccc(OC)cc1)Cc1cc2ccc(C)cc2[nH]c1=O. The summed E-state index contributed by atoms with van der Waals surface area (Å²) in [6, 6.07) is 16.0. The molecule has 1 atom stereocenters. The summed E-state index contributed by atoms with van der Waals surface area (Å²) >= 11 is 0. The number of nitrogens with zero attached hydrogens (tertiary/aromatic N) is 5. The number of tetrazole rings is 1. The van der Waals surface area contributed by atoms with Gasteiger partial charge in [0.2, 0.25) is 0 Å². The molecule has 0 bridgehead atoms. The van der Waals surface area contributed by atoms with Gasteiger partial charge in [-0.1, -0.05) is 31.2 Å². The second kappa shape index (κ2) is 10.00. The first-order valence-corrected chi connectivity index (χ1v) is 12.0. The Morgan fingerprint density at radius 1 is 1.09 bits per heavy atom. The molecule has 2 heterocycles. The molecule has 0 aliphatic carbocycles. The third kappa shape index (κ3) is 5.43. The summed E-state index contributed by atoms with van der Waals surface area (Å²) in [5.74, 6) is 1.60. The minimum Gasteiger partial charge on any atom is -0.497 e. The van der Waals surface area contributed by atoms with Crippen LogP contribution in [-0.2, 0) is 18.6 Å². The first-order chi connectivity index (χ1) is 16.7. The molecule has 2 aromatic carbocycles. The van der Waals surface area contributed by atoms with Crippen LogP contribution in [-0.4, -0.2) is 37.2 Å². The minimum absolute atomic E-state index is 0.0758. The standard InChI is InChI=1S/C27H34N6O2/c1-7-24(25-29-30-31-33(25)27(3,4)5)32(16-19-9-12-22(35-6)13-10-19)17-21-15-20-11-8-18(2)14-23(20)28-26(21)34/h8-15,24H,7,16-17H2,1-6H3,(H,28,34). The molecular weight excluding hydrogens is 440 g/mol. The van der Waals surface area contributed by atoms with Crippen LogP contribution in [0, 0.1) is 6.92 Å². The maximum Gasteiger partial charge on any atom is 0.252 e. The molecule has 4 rings (SSSR count). The van der Waals surface area contributed by atoms with Crippen LogP contribution in [0.5, 0.6) is 5.75 Å². The monoisotopic (exact) mass is 474 g/mol. The van der Waals surface area contributed by atoms with Crippen LogP contribution in [0.2, 0.25) is 0 Å². The second-order valence-electron chi connectivity index (χ2n) is 10.0. The summed E-state index contributed by atoms with van der Waals surface area (Å²) in [5.41, 5.74) is 3.45. The Bertz CT molecular complexity index is 1350. The molecule has 0 aliphatic heterocycles. The molecule has 1 unspecified atom stereocenters. The van der Waals surface area contributed by atoms with Gasteiger partial charge in [0.1, 0.15) is 5.75 Å². The number of methoxy groups -OCH3 is 1. The minimum atomic E-state index is -0.268. The predicted octanol–water partition coefficient (Wildman–Crippen LogP) is 4.74. The predicted molar refractivity (Wildman–Crippen MR) is 137 cm³/mol. The Morgan fingerprint density at radius 3 is 2.49 bits per heavy atom. The van der Waals surface area contributed by atoms with Crippen molar-refractivity contribution in [1.82, 2.24) is 30.1 Å². The lowest BCUT2D eigenvalue weighted by atomic mass is 10.0. The van der Waals surface area contributed by atoms with E-state index in [9.17, 15) is 4.79 Å². The molecule has 184 valence electrons. The lowest BCUT2D eigenvalue weighted by Gasteiger charge is -2.32. The van der Waals surface area contributed by atoms with Crippen LogP contribution in [0.4, 0.5) is 0 Å². The van der Waals surface area contributed by atoms with Crippen molar-refractivity contribution in [2.24, 2.45) is 0 Å². The topological polar surface area (TPSA) is 88.9 Å². The number of aromatic amines is 1. The molecule has 0 fully saturated rings. The quantitative estimate of drug-likeness (QED) is 0.397. The van der Waals surface area contributed by atoms with Crippen molar-refractivity contribution < 1.29 is 4.74 Å². The zero-order valence-corrected chi connectivity index (χ0v) is 21.4. The number of aromatic nitrogens is 5. The van der Waals surface area contributed by atoms with E-state index in [1.54, 1.807) is 7.11 Å². The van der Waals surface area contributed by atoms with E-state index in [1.807, 2.05) is 35.9 Å². The summed E-state index contributed by atoms with van der Waals surface area (Å²) in [6.45, 7) is 11.5. The average molecular weight is 475 g/mol. The summed E-state index contributed by atoms with van der Waals surface area (Å²) in [6.07, 6.45) is 0.789. The van der Waals surface area contributed by atoms with Crippen molar-refractivity contribution in [3.63, 3.8) is 0 Å². The molecule has 8 heteroatoms. The van der Waals surface area contributed by atoms with Crippen molar-refractivity contribution in [3.05, 3.63) is 81.4 Å². The zero-order valence-electron chi connectivity index (χ0n) is 21.4. The molecule has 0 saturated heterocycles. The molecular formula is C27H34N6O2. The van der Waals surface area contributed by atoms with E-state index in [0.717, 1.165) is 40.0 Å². The van der Waals surface area contributed by atoms with Crippen LogP contribution in [0.3, 0.4) is 0 Å². The van der Waals surface area contributed by atoms with E-state index in [-0.39, 0.29) is 17.1 Å². The Balaban J connectivity index is 1.76. The second-order valence-corrected chi connectivity index (χ2v) is 10.0. The molecule has 1 N–H and O–H groups in total. The number of ether oxygens (including phenoxy) is 1. The van der Waals surface area contributed by atoms with Gasteiger partial charge in [0.25, 0.3) is 5.56 Å². The van der Waals surface area contributed by atoms with Crippen molar-refractivity contribution in [2.45, 2.75) is 65.7 Å². The van der Waals surface area contributed by atoms with Gasteiger partial charge in [-0.15, -0.1) is 5.10 Å². The number of pyridine rings is 1. The van der Waals surface area contributed by atoms with Crippen LogP contribution in [0.1, 0.15) is 62.7 Å². The maximum absolute atomic E-state index is 13.1. The molecule has 2 aromatic heterocycles. The van der Waals surface area contributed by atoms with E-state index in [1.165, 1.54) is 0 Å². The largest absolute Gasteiger partial charge is 0.497 e. The van der Waals surface area contributed by atoms with Gasteiger partial charge in [0.05, 0.1) is 18.7 Å². The lowest BCUT2D eigenvalue weighted by Crippen LogP contribution is -2.35. The Morgan fingerprint density at radius 2 is 1.83 bits per heavy atom. The van der Waals surface area contributed by atoms with Gasteiger partial charge in [-0.25, -0.2) is 4.68 Å². The molecule has 0 saturated carbocycles.